The van der Waals surface area contributed by atoms with Crippen LogP contribution in [-0.2, 0) is 4.74 Å². The fraction of sp³-hybridized carbons (Fsp3) is 0.250. The topological polar surface area (TPSA) is 29.5 Å². The van der Waals surface area contributed by atoms with E-state index in [0.29, 0.717) is 19.0 Å². The van der Waals surface area contributed by atoms with E-state index in [2.05, 4.69) is 30.3 Å². The van der Waals surface area contributed by atoms with Crippen LogP contribution in [0.15, 0.2) is 66.7 Å². The van der Waals surface area contributed by atoms with Gasteiger partial charge in [0.05, 0.1) is 12.4 Å². The summed E-state index contributed by atoms with van der Waals surface area (Å²) in [4.78, 5) is 13.5. The van der Waals surface area contributed by atoms with Crippen LogP contribution in [0.4, 0.5) is 4.79 Å². The van der Waals surface area contributed by atoms with Gasteiger partial charge in [0.25, 0.3) is 0 Å². The molecule has 1 unspecified atom stereocenters. The summed E-state index contributed by atoms with van der Waals surface area (Å²) in [5.41, 5.74) is 3.52. The molecule has 0 spiro atoms. The van der Waals surface area contributed by atoms with Crippen molar-refractivity contribution in [1.82, 2.24) is 4.90 Å². The summed E-state index contributed by atoms with van der Waals surface area (Å²) in [6, 6.07) is 20.6. The number of ether oxygens (including phenoxy) is 1. The van der Waals surface area contributed by atoms with E-state index in [-0.39, 0.29) is 12.2 Å². The molecule has 1 atom stereocenters. The molecule has 3 rings (SSSR count). The third kappa shape index (κ3) is 3.98. The van der Waals surface area contributed by atoms with Crippen LogP contribution < -0.4 is 0 Å². The van der Waals surface area contributed by atoms with Gasteiger partial charge < -0.3 is 9.64 Å². The minimum atomic E-state index is -0.268. The van der Waals surface area contributed by atoms with Gasteiger partial charge in [0, 0.05) is 6.54 Å². The van der Waals surface area contributed by atoms with E-state index in [1.54, 1.807) is 4.90 Å². The fourth-order valence-corrected chi connectivity index (χ4v) is 3.00. The number of rotatable bonds is 6. The molecule has 0 bridgehead atoms. The standard InChI is InChI=1S/C20H20ClNO2/c21-14-18-15-22(20(23)24-18)13-7-12-19(16-8-3-1-4-9-16)17-10-5-2-6-11-17/h1-6,8-12,18H,7,13-15H2. The molecule has 124 valence electrons. The first-order valence-corrected chi connectivity index (χ1v) is 8.64. The van der Waals surface area contributed by atoms with Crippen molar-refractivity contribution >= 4 is 23.3 Å². The molecule has 0 aliphatic carbocycles. The molecule has 1 heterocycles. The molecular formula is C20H20ClNO2. The van der Waals surface area contributed by atoms with Crippen LogP contribution in [0.5, 0.6) is 0 Å². The molecule has 1 saturated heterocycles. The van der Waals surface area contributed by atoms with Crippen molar-refractivity contribution < 1.29 is 9.53 Å². The van der Waals surface area contributed by atoms with Crippen LogP contribution in [0.1, 0.15) is 17.5 Å². The minimum Gasteiger partial charge on any atom is -0.443 e. The number of carbonyl (C=O) groups is 1. The maximum Gasteiger partial charge on any atom is 0.410 e. The lowest BCUT2D eigenvalue weighted by Crippen LogP contribution is -2.26. The van der Waals surface area contributed by atoms with E-state index in [9.17, 15) is 4.79 Å². The average molecular weight is 342 g/mol. The lowest BCUT2D eigenvalue weighted by atomic mass is 9.97. The first-order chi connectivity index (χ1) is 11.8. The van der Waals surface area contributed by atoms with Crippen LogP contribution in [0.2, 0.25) is 0 Å². The summed E-state index contributed by atoms with van der Waals surface area (Å²) in [6.45, 7) is 1.21. The zero-order valence-electron chi connectivity index (χ0n) is 13.4. The van der Waals surface area contributed by atoms with Gasteiger partial charge in [-0.25, -0.2) is 4.79 Å². The van der Waals surface area contributed by atoms with Gasteiger partial charge >= 0.3 is 6.09 Å². The molecular weight excluding hydrogens is 322 g/mol. The zero-order chi connectivity index (χ0) is 16.8. The highest BCUT2D eigenvalue weighted by Crippen LogP contribution is 2.24. The third-order valence-electron chi connectivity index (χ3n) is 4.04. The van der Waals surface area contributed by atoms with Crippen LogP contribution in [0.25, 0.3) is 5.57 Å². The van der Waals surface area contributed by atoms with Gasteiger partial charge in [-0.2, -0.15) is 0 Å². The van der Waals surface area contributed by atoms with Crippen molar-refractivity contribution in [2.24, 2.45) is 0 Å². The highest BCUT2D eigenvalue weighted by molar-refractivity contribution is 6.18. The predicted octanol–water partition coefficient (Wildman–Crippen LogP) is 4.57. The van der Waals surface area contributed by atoms with Crippen molar-refractivity contribution in [3.05, 3.63) is 77.9 Å². The Bertz CT molecular complexity index is 659. The first kappa shape index (κ1) is 16.6. The summed E-state index contributed by atoms with van der Waals surface area (Å²) >= 11 is 5.77. The van der Waals surface area contributed by atoms with Crippen molar-refractivity contribution in [2.75, 3.05) is 19.0 Å². The number of carbonyl (C=O) groups excluding carboxylic acids is 1. The van der Waals surface area contributed by atoms with E-state index < -0.39 is 0 Å². The van der Waals surface area contributed by atoms with Crippen molar-refractivity contribution in [2.45, 2.75) is 12.5 Å². The monoisotopic (exact) mass is 341 g/mol. The van der Waals surface area contributed by atoms with Crippen LogP contribution in [-0.4, -0.2) is 36.1 Å². The Kier molecular flexibility index (Phi) is 5.55. The number of alkyl halides is 1. The number of halogens is 1. The Hall–Kier alpha value is -2.26. The van der Waals surface area contributed by atoms with Crippen molar-refractivity contribution in [3.63, 3.8) is 0 Å². The van der Waals surface area contributed by atoms with E-state index in [1.165, 1.54) is 16.7 Å². The largest absolute Gasteiger partial charge is 0.443 e. The zero-order valence-corrected chi connectivity index (χ0v) is 14.2. The second-order valence-corrected chi connectivity index (χ2v) is 6.05. The summed E-state index contributed by atoms with van der Waals surface area (Å²) < 4.78 is 5.18. The lowest BCUT2D eigenvalue weighted by Gasteiger charge is -2.13. The highest BCUT2D eigenvalue weighted by atomic mass is 35.5. The molecule has 4 heteroatoms. The van der Waals surface area contributed by atoms with Crippen molar-refractivity contribution in [3.8, 4) is 0 Å². The number of amides is 1. The molecule has 3 nitrogen and oxygen atoms in total. The van der Waals surface area contributed by atoms with E-state index in [4.69, 9.17) is 16.3 Å². The molecule has 0 saturated carbocycles. The number of hydrogen-bond acceptors (Lipinski definition) is 2. The SMILES string of the molecule is O=C1OC(CCl)CN1CCC=C(c1ccccc1)c1ccccc1. The summed E-state index contributed by atoms with van der Waals surface area (Å²) in [7, 11) is 0. The molecule has 2 aromatic carbocycles. The molecule has 1 amide bonds. The smallest absolute Gasteiger partial charge is 0.410 e. The summed E-state index contributed by atoms with van der Waals surface area (Å²) in [6.07, 6.45) is 2.50. The van der Waals surface area contributed by atoms with Gasteiger partial charge in [-0.1, -0.05) is 66.7 Å². The Labute approximate surface area is 147 Å². The van der Waals surface area contributed by atoms with Gasteiger partial charge in [-0.3, -0.25) is 0 Å². The van der Waals surface area contributed by atoms with Gasteiger partial charge in [-0.05, 0) is 23.1 Å². The average Bonchev–Trinajstić information content (AvgIpc) is 3.00. The number of cyclic esters (lactones) is 1. The Morgan fingerprint density at radius 1 is 1.08 bits per heavy atom. The van der Waals surface area contributed by atoms with Crippen LogP contribution >= 0.6 is 11.6 Å². The molecule has 2 aromatic rings. The van der Waals surface area contributed by atoms with Gasteiger partial charge in [0.15, 0.2) is 0 Å². The molecule has 1 aliphatic heterocycles. The Morgan fingerprint density at radius 3 is 2.17 bits per heavy atom. The maximum atomic E-state index is 11.8. The van der Waals surface area contributed by atoms with Gasteiger partial charge in [0.1, 0.15) is 6.10 Å². The normalized spacial score (nSPS) is 16.8. The number of nitrogens with zero attached hydrogens (tertiary/aromatic N) is 1. The summed E-state index contributed by atoms with van der Waals surface area (Å²) in [5.74, 6) is 0.345. The third-order valence-corrected chi connectivity index (χ3v) is 4.38. The molecule has 1 fully saturated rings. The Morgan fingerprint density at radius 2 is 1.67 bits per heavy atom. The minimum absolute atomic E-state index is 0.189. The van der Waals surface area contributed by atoms with E-state index in [0.717, 1.165) is 6.42 Å². The molecule has 0 N–H and O–H groups in total. The fourth-order valence-electron chi connectivity index (χ4n) is 2.84. The van der Waals surface area contributed by atoms with Crippen LogP contribution in [0.3, 0.4) is 0 Å². The highest BCUT2D eigenvalue weighted by Gasteiger charge is 2.29. The Balaban J connectivity index is 1.74. The molecule has 1 aliphatic rings. The number of hydrogen-bond donors (Lipinski definition) is 0. The predicted molar refractivity (Wildman–Crippen MR) is 97.1 cm³/mol. The van der Waals surface area contributed by atoms with E-state index >= 15 is 0 Å². The second kappa shape index (κ2) is 8.02. The molecule has 0 aromatic heterocycles. The maximum absolute atomic E-state index is 11.8. The van der Waals surface area contributed by atoms with Crippen molar-refractivity contribution in [1.29, 1.82) is 0 Å². The molecule has 0 radical (unpaired) electrons. The quantitative estimate of drug-likeness (QED) is 0.720. The van der Waals surface area contributed by atoms with Gasteiger partial charge in [0.2, 0.25) is 0 Å². The number of benzene rings is 2. The molecule has 24 heavy (non-hydrogen) atoms. The first-order valence-electron chi connectivity index (χ1n) is 8.10. The second-order valence-electron chi connectivity index (χ2n) is 5.74. The lowest BCUT2D eigenvalue weighted by molar-refractivity contribution is 0.139. The summed E-state index contributed by atoms with van der Waals surface area (Å²) in [5, 5.41) is 0. The van der Waals surface area contributed by atoms with Crippen LogP contribution in [0, 0.1) is 0 Å². The van der Waals surface area contributed by atoms with Gasteiger partial charge in [-0.15, -0.1) is 11.6 Å². The van der Waals surface area contributed by atoms with E-state index in [1.807, 2.05) is 36.4 Å².